The number of aryl methyl sites for hydroxylation is 1. The van der Waals surface area contributed by atoms with Crippen LogP contribution >= 0.6 is 11.6 Å². The molecule has 0 radical (unpaired) electrons. The molecule has 2 rings (SSSR count). The van der Waals surface area contributed by atoms with E-state index in [1.807, 2.05) is 44.2 Å². The van der Waals surface area contributed by atoms with E-state index in [0.29, 0.717) is 16.5 Å². The smallest absolute Gasteiger partial charge is 0.307 e. The molecule has 0 aliphatic heterocycles. The minimum Gasteiger partial charge on any atom is -0.495 e. The van der Waals surface area contributed by atoms with Crippen molar-refractivity contribution in [3.63, 3.8) is 0 Å². The number of ether oxygens (including phenoxy) is 2. The van der Waals surface area contributed by atoms with E-state index in [9.17, 15) is 9.59 Å². The molecule has 0 saturated heterocycles. The van der Waals surface area contributed by atoms with Crippen molar-refractivity contribution < 1.29 is 19.1 Å². The molecule has 27 heavy (non-hydrogen) atoms. The Hall–Kier alpha value is -2.53. The molecule has 1 amide bonds. The minimum atomic E-state index is -0.929. The lowest BCUT2D eigenvalue weighted by Crippen LogP contribution is -2.30. The van der Waals surface area contributed by atoms with Crippen molar-refractivity contribution in [3.05, 3.63) is 58.6 Å². The Labute approximate surface area is 164 Å². The molecule has 0 fully saturated rings. The average molecular weight is 390 g/mol. The highest BCUT2D eigenvalue weighted by Crippen LogP contribution is 2.31. The first-order chi connectivity index (χ1) is 12.8. The minimum absolute atomic E-state index is 0.00738. The van der Waals surface area contributed by atoms with Crippen molar-refractivity contribution in [1.82, 2.24) is 0 Å². The van der Waals surface area contributed by atoms with Crippen LogP contribution in [0, 0.1) is 6.92 Å². The van der Waals surface area contributed by atoms with Crippen LogP contribution in [0.25, 0.3) is 0 Å². The van der Waals surface area contributed by atoms with Gasteiger partial charge in [0.05, 0.1) is 19.2 Å². The summed E-state index contributed by atoms with van der Waals surface area (Å²) in [5.41, 5.74) is 2.33. The second kappa shape index (κ2) is 9.42. The number of nitrogens with one attached hydrogen (secondary N) is 1. The van der Waals surface area contributed by atoms with Crippen molar-refractivity contribution in [2.24, 2.45) is 0 Å². The average Bonchev–Trinajstić information content (AvgIpc) is 2.64. The largest absolute Gasteiger partial charge is 0.495 e. The van der Waals surface area contributed by atoms with Gasteiger partial charge in [-0.15, -0.1) is 0 Å². The molecule has 2 atom stereocenters. The summed E-state index contributed by atoms with van der Waals surface area (Å²) in [6.45, 7) is 5.31. The van der Waals surface area contributed by atoms with Crippen LogP contribution in [0.15, 0.2) is 42.5 Å². The highest BCUT2D eigenvalue weighted by molar-refractivity contribution is 6.31. The van der Waals surface area contributed by atoms with Crippen LogP contribution in [0.2, 0.25) is 5.02 Å². The number of amides is 1. The maximum absolute atomic E-state index is 12.4. The van der Waals surface area contributed by atoms with E-state index in [1.165, 1.54) is 14.0 Å². The van der Waals surface area contributed by atoms with E-state index in [4.69, 9.17) is 21.1 Å². The molecule has 6 heteroatoms. The van der Waals surface area contributed by atoms with Crippen molar-refractivity contribution in [2.75, 3.05) is 12.4 Å². The molecule has 2 aromatic carbocycles. The predicted octanol–water partition coefficient (Wildman–Crippen LogP) is 4.72. The number of hydrogen-bond acceptors (Lipinski definition) is 4. The van der Waals surface area contributed by atoms with Gasteiger partial charge < -0.3 is 14.8 Å². The summed E-state index contributed by atoms with van der Waals surface area (Å²) in [6.07, 6.45) is -0.730. The monoisotopic (exact) mass is 389 g/mol. The molecule has 0 bridgehead atoms. The van der Waals surface area contributed by atoms with Gasteiger partial charge in [-0.25, -0.2) is 0 Å². The van der Waals surface area contributed by atoms with Crippen LogP contribution in [-0.2, 0) is 14.3 Å². The third kappa shape index (κ3) is 5.73. The SMILES string of the molecule is COc1cc(Cl)c(C)cc1NC(=O)[C@H](C)OC(=O)C[C@@H](C)c1ccccc1. The van der Waals surface area contributed by atoms with Crippen LogP contribution in [-0.4, -0.2) is 25.1 Å². The summed E-state index contributed by atoms with van der Waals surface area (Å²) in [5, 5.41) is 3.26. The molecular formula is C21H24ClNO4. The van der Waals surface area contributed by atoms with E-state index in [0.717, 1.165) is 11.1 Å². The van der Waals surface area contributed by atoms with E-state index < -0.39 is 18.0 Å². The normalized spacial score (nSPS) is 12.8. The van der Waals surface area contributed by atoms with Gasteiger partial charge in [0.1, 0.15) is 5.75 Å². The van der Waals surface area contributed by atoms with Crippen molar-refractivity contribution >= 4 is 29.2 Å². The molecule has 0 spiro atoms. The third-order valence-electron chi connectivity index (χ3n) is 4.26. The van der Waals surface area contributed by atoms with E-state index in [-0.39, 0.29) is 12.3 Å². The van der Waals surface area contributed by atoms with Gasteiger partial charge in [-0.1, -0.05) is 48.9 Å². The second-order valence-corrected chi connectivity index (χ2v) is 6.85. The quantitative estimate of drug-likeness (QED) is 0.696. The first kappa shape index (κ1) is 20.8. The highest BCUT2D eigenvalue weighted by Gasteiger charge is 2.21. The van der Waals surface area contributed by atoms with Gasteiger partial charge in [0, 0.05) is 11.1 Å². The van der Waals surface area contributed by atoms with E-state index in [1.54, 1.807) is 12.1 Å². The summed E-state index contributed by atoms with van der Waals surface area (Å²) in [5.74, 6) is -0.410. The predicted molar refractivity (Wildman–Crippen MR) is 106 cm³/mol. The molecule has 2 aromatic rings. The standard InChI is InChI=1S/C21H24ClNO4/c1-13(16-8-6-5-7-9-16)11-20(24)27-15(3)21(25)23-18-10-14(2)17(22)12-19(18)26-4/h5-10,12-13,15H,11H2,1-4H3,(H,23,25)/t13-,15+/m1/s1. The number of rotatable bonds is 7. The number of hydrogen-bond donors (Lipinski definition) is 1. The Bertz CT molecular complexity index is 807. The topological polar surface area (TPSA) is 64.6 Å². The second-order valence-electron chi connectivity index (χ2n) is 6.44. The summed E-state index contributed by atoms with van der Waals surface area (Å²) >= 11 is 6.07. The number of benzene rings is 2. The Balaban J connectivity index is 1.95. The summed E-state index contributed by atoms with van der Waals surface area (Å²) in [6, 6.07) is 13.0. The van der Waals surface area contributed by atoms with Crippen molar-refractivity contribution in [3.8, 4) is 5.75 Å². The summed E-state index contributed by atoms with van der Waals surface area (Å²) in [4.78, 5) is 24.6. The summed E-state index contributed by atoms with van der Waals surface area (Å²) < 4.78 is 10.5. The molecule has 5 nitrogen and oxygen atoms in total. The fourth-order valence-corrected chi connectivity index (χ4v) is 2.77. The Morgan fingerprint density at radius 3 is 2.44 bits per heavy atom. The first-order valence-electron chi connectivity index (χ1n) is 8.71. The van der Waals surface area contributed by atoms with Crippen molar-refractivity contribution in [1.29, 1.82) is 0 Å². The lowest BCUT2D eigenvalue weighted by atomic mass is 9.98. The van der Waals surface area contributed by atoms with Crippen molar-refractivity contribution in [2.45, 2.75) is 39.2 Å². The molecule has 0 aromatic heterocycles. The van der Waals surface area contributed by atoms with Gasteiger partial charge in [-0.3, -0.25) is 9.59 Å². The summed E-state index contributed by atoms with van der Waals surface area (Å²) in [7, 11) is 1.49. The molecule has 0 aliphatic carbocycles. The first-order valence-corrected chi connectivity index (χ1v) is 9.09. The van der Waals surface area contributed by atoms with Crippen LogP contribution in [0.4, 0.5) is 5.69 Å². The molecule has 0 saturated carbocycles. The maximum atomic E-state index is 12.4. The molecule has 0 heterocycles. The molecule has 1 N–H and O–H groups in total. The van der Waals surface area contributed by atoms with Gasteiger partial charge in [-0.05, 0) is 37.0 Å². The molecule has 0 unspecified atom stereocenters. The van der Waals surface area contributed by atoms with E-state index in [2.05, 4.69) is 5.32 Å². The van der Waals surface area contributed by atoms with Crippen LogP contribution in [0.5, 0.6) is 5.75 Å². The van der Waals surface area contributed by atoms with Gasteiger partial charge >= 0.3 is 5.97 Å². The number of anilines is 1. The van der Waals surface area contributed by atoms with Crippen LogP contribution in [0.3, 0.4) is 0 Å². The number of methoxy groups -OCH3 is 1. The van der Waals surface area contributed by atoms with Crippen LogP contribution < -0.4 is 10.1 Å². The third-order valence-corrected chi connectivity index (χ3v) is 4.66. The van der Waals surface area contributed by atoms with E-state index >= 15 is 0 Å². The number of halogens is 1. The Morgan fingerprint density at radius 2 is 1.81 bits per heavy atom. The maximum Gasteiger partial charge on any atom is 0.307 e. The van der Waals surface area contributed by atoms with Crippen LogP contribution in [0.1, 0.15) is 37.3 Å². The molecular weight excluding hydrogens is 366 g/mol. The zero-order valence-corrected chi connectivity index (χ0v) is 16.7. The number of carbonyl (C=O) groups excluding carboxylic acids is 2. The lowest BCUT2D eigenvalue weighted by molar-refractivity contribution is -0.153. The Morgan fingerprint density at radius 1 is 1.15 bits per heavy atom. The van der Waals surface area contributed by atoms with Gasteiger partial charge in [0.2, 0.25) is 0 Å². The zero-order valence-electron chi connectivity index (χ0n) is 15.9. The zero-order chi connectivity index (χ0) is 20.0. The van der Waals surface area contributed by atoms with Gasteiger partial charge in [-0.2, -0.15) is 0 Å². The highest BCUT2D eigenvalue weighted by atomic mass is 35.5. The number of carbonyl (C=O) groups is 2. The van der Waals surface area contributed by atoms with Gasteiger partial charge in [0.25, 0.3) is 5.91 Å². The number of esters is 1. The fraction of sp³-hybridized carbons (Fsp3) is 0.333. The molecule has 144 valence electrons. The Kier molecular flexibility index (Phi) is 7.25. The fourth-order valence-electron chi connectivity index (χ4n) is 2.61. The lowest BCUT2D eigenvalue weighted by Gasteiger charge is -2.17. The molecule has 0 aliphatic rings. The van der Waals surface area contributed by atoms with Gasteiger partial charge in [0.15, 0.2) is 6.10 Å².